The number of aromatic amines is 1. The smallest absolute Gasteiger partial charge is 0.244 e. The van der Waals surface area contributed by atoms with E-state index < -0.39 is 14.6 Å². The van der Waals surface area contributed by atoms with Gasteiger partial charge in [0.1, 0.15) is 5.82 Å². The molecule has 1 aliphatic carbocycles. The lowest BCUT2D eigenvalue weighted by atomic mass is 9.95. The number of aryl methyl sites for hydroxylation is 2. The van der Waals surface area contributed by atoms with Crippen LogP contribution in [0.3, 0.4) is 0 Å². The number of hydrogen-bond acceptors (Lipinski definition) is 4. The summed E-state index contributed by atoms with van der Waals surface area (Å²) in [5.74, 6) is 0.741. The highest BCUT2D eigenvalue weighted by atomic mass is 32.2. The molecular formula is C26H31N3O3S. The number of amides is 1. The van der Waals surface area contributed by atoms with Gasteiger partial charge in [-0.05, 0) is 68.9 Å². The highest BCUT2D eigenvalue weighted by molar-refractivity contribution is 7.93. The number of H-pyrrole nitrogens is 1. The van der Waals surface area contributed by atoms with Crippen molar-refractivity contribution in [1.29, 1.82) is 0 Å². The topological polar surface area (TPSA) is 83.1 Å². The lowest BCUT2D eigenvalue weighted by Gasteiger charge is -2.38. The van der Waals surface area contributed by atoms with Gasteiger partial charge in [-0.15, -0.1) is 0 Å². The van der Waals surface area contributed by atoms with Gasteiger partial charge in [-0.2, -0.15) is 0 Å². The molecule has 1 aromatic heterocycles. The Hall–Kier alpha value is -2.67. The van der Waals surface area contributed by atoms with Gasteiger partial charge in [0.15, 0.2) is 14.6 Å². The number of sulfone groups is 1. The molecule has 0 bridgehead atoms. The summed E-state index contributed by atoms with van der Waals surface area (Å²) >= 11 is 0. The predicted molar refractivity (Wildman–Crippen MR) is 129 cm³/mol. The SMILES string of the molecule is Cc1ccc(C)c(S(=O)(=O)C2(C(=O)N3CCCC(c4nc5ccccc5[nH]4)C3)CCCC2)c1. The number of benzene rings is 2. The zero-order chi connectivity index (χ0) is 23.2. The maximum absolute atomic E-state index is 14.0. The van der Waals surface area contributed by atoms with Gasteiger partial charge in [0.2, 0.25) is 5.91 Å². The van der Waals surface area contributed by atoms with Crippen LogP contribution in [0.2, 0.25) is 0 Å². The van der Waals surface area contributed by atoms with Crippen LogP contribution in [0.5, 0.6) is 0 Å². The first kappa shape index (κ1) is 22.1. The van der Waals surface area contributed by atoms with Gasteiger partial charge in [0, 0.05) is 19.0 Å². The fourth-order valence-electron chi connectivity index (χ4n) is 5.59. The van der Waals surface area contributed by atoms with E-state index in [4.69, 9.17) is 4.98 Å². The molecule has 2 aromatic carbocycles. The summed E-state index contributed by atoms with van der Waals surface area (Å²) in [7, 11) is -3.82. The summed E-state index contributed by atoms with van der Waals surface area (Å²) in [5.41, 5.74) is 3.50. The molecular weight excluding hydrogens is 434 g/mol. The van der Waals surface area contributed by atoms with Crippen molar-refractivity contribution in [3.63, 3.8) is 0 Å². The molecule has 2 fully saturated rings. The molecule has 1 amide bonds. The number of nitrogens with zero attached hydrogens (tertiary/aromatic N) is 2. The number of carbonyl (C=O) groups is 1. The highest BCUT2D eigenvalue weighted by Gasteiger charge is 2.55. The largest absolute Gasteiger partial charge is 0.342 e. The Labute approximate surface area is 195 Å². The lowest BCUT2D eigenvalue weighted by molar-refractivity contribution is -0.135. The molecule has 33 heavy (non-hydrogen) atoms. The molecule has 3 aromatic rings. The van der Waals surface area contributed by atoms with E-state index in [2.05, 4.69) is 4.98 Å². The van der Waals surface area contributed by atoms with Crippen LogP contribution >= 0.6 is 0 Å². The summed E-state index contributed by atoms with van der Waals surface area (Å²) in [5, 5.41) is 0. The normalized spacial score (nSPS) is 20.9. The van der Waals surface area contributed by atoms with Gasteiger partial charge >= 0.3 is 0 Å². The molecule has 5 rings (SSSR count). The molecule has 0 spiro atoms. The quantitative estimate of drug-likeness (QED) is 0.607. The van der Waals surface area contributed by atoms with Crippen LogP contribution in [0.4, 0.5) is 0 Å². The predicted octanol–water partition coefficient (Wildman–Crippen LogP) is 4.67. The summed E-state index contributed by atoms with van der Waals surface area (Å²) < 4.78 is 26.7. The summed E-state index contributed by atoms with van der Waals surface area (Å²) in [6.45, 7) is 4.81. The molecule has 1 N–H and O–H groups in total. The van der Waals surface area contributed by atoms with E-state index in [-0.39, 0.29) is 11.8 Å². The Morgan fingerprint density at radius 3 is 2.61 bits per heavy atom. The third-order valence-corrected chi connectivity index (χ3v) is 10.1. The molecule has 7 heteroatoms. The van der Waals surface area contributed by atoms with E-state index in [9.17, 15) is 13.2 Å². The standard InChI is InChI=1S/C26H31N3O3S/c1-18-11-12-19(2)23(16-18)33(31,32)26(13-5-6-14-26)25(30)29-15-7-8-20(17-29)24-27-21-9-3-4-10-22(21)28-24/h3-4,9-12,16,20H,5-8,13-15,17H2,1-2H3,(H,27,28). The molecule has 6 nitrogen and oxygen atoms in total. The number of fused-ring (bicyclic) bond motifs is 1. The van der Waals surface area contributed by atoms with E-state index in [1.54, 1.807) is 11.0 Å². The number of piperidine rings is 1. The van der Waals surface area contributed by atoms with Crippen molar-refractivity contribution in [3.05, 3.63) is 59.4 Å². The number of aromatic nitrogens is 2. The molecule has 1 saturated carbocycles. The number of imidazole rings is 1. The fourth-order valence-corrected chi connectivity index (χ4v) is 8.03. The molecule has 1 aliphatic heterocycles. The molecule has 1 atom stereocenters. The summed E-state index contributed by atoms with van der Waals surface area (Å²) in [6.07, 6.45) is 4.08. The van der Waals surface area contributed by atoms with Gasteiger partial charge < -0.3 is 9.88 Å². The molecule has 2 heterocycles. The molecule has 174 valence electrons. The first-order valence-corrected chi connectivity index (χ1v) is 13.4. The number of hydrogen-bond donors (Lipinski definition) is 1. The number of rotatable bonds is 4. The van der Waals surface area contributed by atoms with E-state index in [0.29, 0.717) is 36.4 Å². The highest BCUT2D eigenvalue weighted by Crippen LogP contribution is 2.44. The van der Waals surface area contributed by atoms with E-state index in [1.165, 1.54) is 0 Å². The fraction of sp³-hybridized carbons (Fsp3) is 0.462. The van der Waals surface area contributed by atoms with Gasteiger partial charge in [-0.3, -0.25) is 4.79 Å². The van der Waals surface area contributed by atoms with Gasteiger partial charge in [0.25, 0.3) is 0 Å². The number of para-hydroxylation sites is 2. The maximum Gasteiger partial charge on any atom is 0.244 e. The van der Waals surface area contributed by atoms with Crippen molar-refractivity contribution in [2.24, 2.45) is 0 Å². The van der Waals surface area contributed by atoms with Crippen molar-refractivity contribution in [2.45, 2.75) is 67.9 Å². The van der Waals surface area contributed by atoms with Gasteiger partial charge in [0.05, 0.1) is 15.9 Å². The van der Waals surface area contributed by atoms with Crippen molar-refractivity contribution in [2.75, 3.05) is 13.1 Å². The second-order valence-corrected chi connectivity index (χ2v) is 11.9. The second kappa shape index (κ2) is 8.28. The van der Waals surface area contributed by atoms with Crippen LogP contribution in [0.15, 0.2) is 47.4 Å². The monoisotopic (exact) mass is 465 g/mol. The lowest BCUT2D eigenvalue weighted by Crippen LogP contribution is -2.54. The Morgan fingerprint density at radius 2 is 1.85 bits per heavy atom. The van der Waals surface area contributed by atoms with Crippen LogP contribution < -0.4 is 0 Å². The first-order chi connectivity index (χ1) is 15.8. The van der Waals surface area contributed by atoms with E-state index in [1.807, 2.05) is 50.2 Å². The van der Waals surface area contributed by atoms with Gasteiger partial charge in [-0.1, -0.05) is 37.1 Å². The average Bonchev–Trinajstić information content (AvgIpc) is 3.48. The zero-order valence-electron chi connectivity index (χ0n) is 19.3. The number of likely N-dealkylation sites (tertiary alicyclic amines) is 1. The molecule has 0 radical (unpaired) electrons. The minimum Gasteiger partial charge on any atom is -0.342 e. The summed E-state index contributed by atoms with van der Waals surface area (Å²) in [6, 6.07) is 13.4. The van der Waals surface area contributed by atoms with Crippen LogP contribution in [0, 0.1) is 13.8 Å². The third-order valence-electron chi connectivity index (χ3n) is 7.45. The average molecular weight is 466 g/mol. The minimum atomic E-state index is -3.82. The molecule has 2 aliphatic rings. The number of carbonyl (C=O) groups excluding carboxylic acids is 1. The Balaban J connectivity index is 1.47. The molecule has 1 saturated heterocycles. The summed E-state index contributed by atoms with van der Waals surface area (Å²) in [4.78, 5) is 24.3. The molecule has 1 unspecified atom stereocenters. The van der Waals surface area contributed by atoms with Gasteiger partial charge in [-0.25, -0.2) is 13.4 Å². The van der Waals surface area contributed by atoms with E-state index in [0.717, 1.165) is 48.1 Å². The van der Waals surface area contributed by atoms with Crippen molar-refractivity contribution < 1.29 is 13.2 Å². The van der Waals surface area contributed by atoms with Crippen LogP contribution in [0.1, 0.15) is 61.4 Å². The van der Waals surface area contributed by atoms with Crippen LogP contribution in [-0.2, 0) is 14.6 Å². The Bertz CT molecular complexity index is 1270. The maximum atomic E-state index is 14.0. The van der Waals surface area contributed by atoms with Crippen LogP contribution in [-0.4, -0.2) is 47.0 Å². The van der Waals surface area contributed by atoms with Crippen LogP contribution in [0.25, 0.3) is 11.0 Å². The first-order valence-electron chi connectivity index (χ1n) is 11.9. The van der Waals surface area contributed by atoms with Crippen molar-refractivity contribution >= 4 is 26.8 Å². The Morgan fingerprint density at radius 1 is 1.09 bits per heavy atom. The second-order valence-electron chi connectivity index (χ2n) is 9.70. The van der Waals surface area contributed by atoms with Crippen molar-refractivity contribution in [3.8, 4) is 0 Å². The van der Waals surface area contributed by atoms with Crippen molar-refractivity contribution in [1.82, 2.24) is 14.9 Å². The van der Waals surface area contributed by atoms with E-state index >= 15 is 0 Å². The third kappa shape index (κ3) is 3.66. The zero-order valence-corrected chi connectivity index (χ0v) is 20.1. The minimum absolute atomic E-state index is 0.0805. The Kier molecular flexibility index (Phi) is 5.55. The number of nitrogens with one attached hydrogen (secondary N) is 1.